The highest BCUT2D eigenvalue weighted by molar-refractivity contribution is 6.17. The molecule has 0 aromatic heterocycles. The van der Waals surface area contributed by atoms with Gasteiger partial charge in [-0.3, -0.25) is 0 Å². The van der Waals surface area contributed by atoms with Crippen LogP contribution in [-0.4, -0.2) is 43.5 Å². The average Bonchev–Trinajstić information content (AvgIpc) is 2.18. The molecule has 0 aliphatic rings. The molecule has 0 atom stereocenters. The lowest BCUT2D eigenvalue weighted by molar-refractivity contribution is 0.281. The van der Waals surface area contributed by atoms with E-state index in [1.165, 1.54) is 0 Å². The zero-order valence-electron chi connectivity index (χ0n) is 10.8. The summed E-state index contributed by atoms with van der Waals surface area (Å²) >= 11 is 5.76. The van der Waals surface area contributed by atoms with Crippen molar-refractivity contribution in [1.29, 1.82) is 0 Å². The first-order valence-corrected chi connectivity index (χ1v) is 6.58. The number of rotatable bonds is 9. The van der Waals surface area contributed by atoms with E-state index < -0.39 is 0 Å². The molecule has 0 bridgehead atoms. The molecule has 0 rings (SSSR count). The fourth-order valence-electron chi connectivity index (χ4n) is 1.55. The minimum Gasteiger partial charge on any atom is -0.315 e. The maximum absolute atomic E-state index is 5.76. The maximum Gasteiger partial charge on any atom is 0.0229 e. The van der Waals surface area contributed by atoms with Gasteiger partial charge in [0.1, 0.15) is 0 Å². The predicted octanol–water partition coefficient (Wildman–Crippen LogP) is 2.57. The molecular weight excluding hydrogens is 208 g/mol. The monoisotopic (exact) mass is 234 g/mol. The number of alkyl halides is 1. The fraction of sp³-hybridized carbons (Fsp3) is 1.00. The first-order chi connectivity index (χ1) is 7.05. The minimum atomic E-state index is 0.324. The van der Waals surface area contributed by atoms with Crippen molar-refractivity contribution in [3.8, 4) is 0 Å². The van der Waals surface area contributed by atoms with Crippen LogP contribution in [0.5, 0.6) is 0 Å². The van der Waals surface area contributed by atoms with Gasteiger partial charge in [-0.1, -0.05) is 27.7 Å². The Hall–Kier alpha value is 0.210. The fourth-order valence-corrected chi connectivity index (χ4v) is 2.06. The third kappa shape index (κ3) is 8.06. The van der Waals surface area contributed by atoms with Crippen molar-refractivity contribution < 1.29 is 0 Å². The second-order valence-electron chi connectivity index (χ2n) is 4.81. The summed E-state index contributed by atoms with van der Waals surface area (Å²) in [6, 6.07) is 0. The lowest BCUT2D eigenvalue weighted by Crippen LogP contribution is -2.36. The summed E-state index contributed by atoms with van der Waals surface area (Å²) in [5, 5.41) is 3.51. The quantitative estimate of drug-likeness (QED) is 0.487. The van der Waals surface area contributed by atoms with E-state index in [9.17, 15) is 0 Å². The topological polar surface area (TPSA) is 15.3 Å². The summed E-state index contributed by atoms with van der Waals surface area (Å²) in [5.41, 5.74) is 0.324. The van der Waals surface area contributed by atoms with Gasteiger partial charge >= 0.3 is 0 Å². The molecular formula is C12H27ClN2. The SMILES string of the molecule is CCN(CC)CCNCC(C)(C)CCCl. The molecule has 0 saturated heterocycles. The molecule has 2 nitrogen and oxygen atoms in total. The van der Waals surface area contributed by atoms with Crippen LogP contribution < -0.4 is 5.32 Å². The van der Waals surface area contributed by atoms with Gasteiger partial charge in [0.25, 0.3) is 0 Å². The normalized spacial score (nSPS) is 12.4. The molecule has 0 spiro atoms. The van der Waals surface area contributed by atoms with Crippen molar-refractivity contribution in [2.24, 2.45) is 5.41 Å². The second-order valence-corrected chi connectivity index (χ2v) is 5.18. The van der Waals surface area contributed by atoms with Gasteiger partial charge in [0.2, 0.25) is 0 Å². The van der Waals surface area contributed by atoms with E-state index in [0.717, 1.165) is 45.0 Å². The Balaban J connectivity index is 3.52. The van der Waals surface area contributed by atoms with Gasteiger partial charge in [0.15, 0.2) is 0 Å². The van der Waals surface area contributed by atoms with Gasteiger partial charge in [-0.2, -0.15) is 0 Å². The summed E-state index contributed by atoms with van der Waals surface area (Å²) in [5.74, 6) is 0.755. The highest BCUT2D eigenvalue weighted by Gasteiger charge is 2.15. The standard InChI is InChI=1S/C12H27ClN2/c1-5-15(6-2)10-9-14-11-12(3,4)7-8-13/h14H,5-11H2,1-4H3. The van der Waals surface area contributed by atoms with Crippen molar-refractivity contribution >= 4 is 11.6 Å². The summed E-state index contributed by atoms with van der Waals surface area (Å²) in [4.78, 5) is 2.43. The largest absolute Gasteiger partial charge is 0.315 e. The van der Waals surface area contributed by atoms with Crippen LogP contribution in [0.3, 0.4) is 0 Å². The first-order valence-electron chi connectivity index (χ1n) is 6.04. The summed E-state index contributed by atoms with van der Waals surface area (Å²) in [6.45, 7) is 14.5. The Kier molecular flexibility index (Phi) is 8.49. The Bertz CT molecular complexity index is 145. The van der Waals surface area contributed by atoms with Crippen LogP contribution in [-0.2, 0) is 0 Å². The Labute approximate surface area is 100 Å². The number of hydrogen-bond donors (Lipinski definition) is 1. The van der Waals surface area contributed by atoms with Crippen LogP contribution in [0.2, 0.25) is 0 Å². The summed E-state index contributed by atoms with van der Waals surface area (Å²) in [7, 11) is 0. The lowest BCUT2D eigenvalue weighted by Gasteiger charge is -2.25. The molecule has 0 saturated carbocycles. The smallest absolute Gasteiger partial charge is 0.0229 e. The van der Waals surface area contributed by atoms with Crippen LogP contribution >= 0.6 is 11.6 Å². The predicted molar refractivity (Wildman–Crippen MR) is 69.8 cm³/mol. The van der Waals surface area contributed by atoms with Crippen LogP contribution in [0.4, 0.5) is 0 Å². The van der Waals surface area contributed by atoms with Gasteiger partial charge < -0.3 is 10.2 Å². The molecule has 0 unspecified atom stereocenters. The van der Waals surface area contributed by atoms with Crippen molar-refractivity contribution in [2.75, 3.05) is 38.6 Å². The molecule has 92 valence electrons. The van der Waals surface area contributed by atoms with Crippen LogP contribution in [0.15, 0.2) is 0 Å². The molecule has 0 aromatic rings. The molecule has 0 aromatic carbocycles. The minimum absolute atomic E-state index is 0.324. The molecule has 0 aliphatic carbocycles. The Morgan fingerprint density at radius 2 is 1.80 bits per heavy atom. The van der Waals surface area contributed by atoms with E-state index in [1.54, 1.807) is 0 Å². The van der Waals surface area contributed by atoms with E-state index in [1.807, 2.05) is 0 Å². The summed E-state index contributed by atoms with van der Waals surface area (Å²) in [6.07, 6.45) is 1.08. The zero-order valence-corrected chi connectivity index (χ0v) is 11.5. The molecule has 1 N–H and O–H groups in total. The van der Waals surface area contributed by atoms with E-state index in [-0.39, 0.29) is 0 Å². The highest BCUT2D eigenvalue weighted by atomic mass is 35.5. The van der Waals surface area contributed by atoms with Crippen LogP contribution in [0.1, 0.15) is 34.1 Å². The molecule has 0 radical (unpaired) electrons. The van der Waals surface area contributed by atoms with Crippen LogP contribution in [0.25, 0.3) is 0 Å². The van der Waals surface area contributed by atoms with Gasteiger partial charge in [-0.05, 0) is 24.9 Å². The van der Waals surface area contributed by atoms with Crippen molar-refractivity contribution in [3.05, 3.63) is 0 Å². The highest BCUT2D eigenvalue weighted by Crippen LogP contribution is 2.19. The molecule has 0 amide bonds. The molecule has 15 heavy (non-hydrogen) atoms. The van der Waals surface area contributed by atoms with Gasteiger partial charge in [-0.25, -0.2) is 0 Å². The van der Waals surface area contributed by atoms with Gasteiger partial charge in [0, 0.05) is 25.5 Å². The average molecular weight is 235 g/mol. The van der Waals surface area contributed by atoms with E-state index in [0.29, 0.717) is 5.41 Å². The number of nitrogens with zero attached hydrogens (tertiary/aromatic N) is 1. The van der Waals surface area contributed by atoms with Crippen molar-refractivity contribution in [3.63, 3.8) is 0 Å². The molecule has 0 heterocycles. The number of likely N-dealkylation sites (N-methyl/N-ethyl adjacent to an activating group) is 1. The van der Waals surface area contributed by atoms with E-state index >= 15 is 0 Å². The van der Waals surface area contributed by atoms with Gasteiger partial charge in [-0.15, -0.1) is 11.6 Å². The third-order valence-electron chi connectivity index (χ3n) is 2.87. The zero-order chi connectivity index (χ0) is 11.7. The number of halogens is 1. The number of hydrogen-bond acceptors (Lipinski definition) is 2. The Morgan fingerprint density at radius 1 is 1.20 bits per heavy atom. The third-order valence-corrected chi connectivity index (χ3v) is 3.06. The Morgan fingerprint density at radius 3 is 2.27 bits per heavy atom. The van der Waals surface area contributed by atoms with Gasteiger partial charge in [0.05, 0.1) is 0 Å². The maximum atomic E-state index is 5.76. The molecule has 0 aliphatic heterocycles. The lowest BCUT2D eigenvalue weighted by atomic mass is 9.90. The van der Waals surface area contributed by atoms with Crippen LogP contribution in [0, 0.1) is 5.41 Å². The summed E-state index contributed by atoms with van der Waals surface area (Å²) < 4.78 is 0. The van der Waals surface area contributed by atoms with Crippen molar-refractivity contribution in [2.45, 2.75) is 34.1 Å². The first kappa shape index (κ1) is 15.2. The second kappa shape index (κ2) is 8.37. The molecule has 0 fully saturated rings. The molecule has 3 heteroatoms. The van der Waals surface area contributed by atoms with E-state index in [4.69, 9.17) is 11.6 Å². The van der Waals surface area contributed by atoms with E-state index in [2.05, 4.69) is 37.9 Å². The van der Waals surface area contributed by atoms with Crippen molar-refractivity contribution in [1.82, 2.24) is 10.2 Å². The number of nitrogens with one attached hydrogen (secondary N) is 1.